The summed E-state index contributed by atoms with van der Waals surface area (Å²) in [5, 5.41) is 8.97. The fourth-order valence-corrected chi connectivity index (χ4v) is 3.42. The van der Waals surface area contributed by atoms with Crippen LogP contribution in [0.3, 0.4) is 0 Å². The molecule has 0 radical (unpaired) electrons. The number of pyridine rings is 1. The number of halogens is 2. The highest BCUT2D eigenvalue weighted by atomic mass is 19.1. The van der Waals surface area contributed by atoms with Crippen molar-refractivity contribution in [3.63, 3.8) is 0 Å². The molecule has 8 heteroatoms. The quantitative estimate of drug-likeness (QED) is 0.883. The summed E-state index contributed by atoms with van der Waals surface area (Å²) in [5.41, 5.74) is 4.21. The van der Waals surface area contributed by atoms with E-state index in [-0.39, 0.29) is 34.7 Å². The van der Waals surface area contributed by atoms with Crippen molar-refractivity contribution in [3.8, 4) is 0 Å². The Hall–Kier alpha value is -2.48. The maximum absolute atomic E-state index is 15.2. The SMILES string of the molecule is C[C@@H]1[C@@H](N)CN1c1c(F)cc2c(=O)c(C(=O)O)cn(C3CC3)c2c1F. The minimum absolute atomic E-state index is 0.0402. The first-order valence-electron chi connectivity index (χ1n) is 8.13. The minimum Gasteiger partial charge on any atom is -0.477 e. The second kappa shape index (κ2) is 5.26. The molecule has 0 amide bonds. The molecule has 1 saturated heterocycles. The molecule has 4 rings (SSSR count). The Balaban J connectivity index is 2.03. The number of carboxylic acid groups (broad SMARTS) is 1. The minimum atomic E-state index is -1.41. The Morgan fingerprint density at radius 2 is 2.04 bits per heavy atom. The lowest BCUT2D eigenvalue weighted by molar-refractivity contribution is 0.0695. The summed E-state index contributed by atoms with van der Waals surface area (Å²) in [7, 11) is 0. The fourth-order valence-electron chi connectivity index (χ4n) is 3.42. The maximum atomic E-state index is 15.2. The molecule has 3 N–H and O–H groups in total. The van der Waals surface area contributed by atoms with E-state index in [1.54, 1.807) is 6.92 Å². The van der Waals surface area contributed by atoms with Crippen LogP contribution in [0.5, 0.6) is 0 Å². The average Bonchev–Trinajstić information content (AvgIpc) is 3.39. The number of fused-ring (bicyclic) bond motifs is 1. The van der Waals surface area contributed by atoms with Crippen molar-refractivity contribution < 1.29 is 18.7 Å². The molecular weight excluding hydrogens is 332 g/mol. The highest BCUT2D eigenvalue weighted by molar-refractivity contribution is 5.94. The molecule has 25 heavy (non-hydrogen) atoms. The van der Waals surface area contributed by atoms with Crippen LogP contribution in [0.1, 0.15) is 36.2 Å². The van der Waals surface area contributed by atoms with Crippen molar-refractivity contribution in [1.29, 1.82) is 0 Å². The largest absolute Gasteiger partial charge is 0.477 e. The van der Waals surface area contributed by atoms with Gasteiger partial charge in [0, 0.05) is 30.9 Å². The third kappa shape index (κ3) is 2.24. The third-order valence-electron chi connectivity index (χ3n) is 5.16. The summed E-state index contributed by atoms with van der Waals surface area (Å²) >= 11 is 0. The molecule has 2 aliphatic rings. The van der Waals surface area contributed by atoms with Crippen molar-refractivity contribution in [1.82, 2.24) is 4.57 Å². The van der Waals surface area contributed by atoms with Crippen LogP contribution in [0.15, 0.2) is 17.1 Å². The Labute approximate surface area is 141 Å². The molecule has 1 aliphatic heterocycles. The summed E-state index contributed by atoms with van der Waals surface area (Å²) in [4.78, 5) is 25.2. The van der Waals surface area contributed by atoms with E-state index < -0.39 is 28.6 Å². The van der Waals surface area contributed by atoms with Crippen LogP contribution in [0.25, 0.3) is 10.9 Å². The summed E-state index contributed by atoms with van der Waals surface area (Å²) in [6.45, 7) is 2.10. The number of rotatable bonds is 3. The molecule has 2 atom stereocenters. The van der Waals surface area contributed by atoms with Gasteiger partial charge in [-0.05, 0) is 25.8 Å². The van der Waals surface area contributed by atoms with Gasteiger partial charge in [0.2, 0.25) is 5.43 Å². The van der Waals surface area contributed by atoms with Crippen molar-refractivity contribution >= 4 is 22.6 Å². The molecule has 0 unspecified atom stereocenters. The molecule has 1 saturated carbocycles. The van der Waals surface area contributed by atoms with Gasteiger partial charge in [-0.15, -0.1) is 0 Å². The number of carboxylic acids is 1. The van der Waals surface area contributed by atoms with Gasteiger partial charge in [0.15, 0.2) is 5.82 Å². The Kier molecular flexibility index (Phi) is 3.37. The van der Waals surface area contributed by atoms with Crippen molar-refractivity contribution in [2.45, 2.75) is 37.9 Å². The molecule has 0 bridgehead atoms. The van der Waals surface area contributed by atoms with E-state index in [9.17, 15) is 19.1 Å². The normalized spacial score (nSPS) is 23.0. The van der Waals surface area contributed by atoms with Crippen molar-refractivity contribution in [3.05, 3.63) is 39.7 Å². The van der Waals surface area contributed by atoms with E-state index in [0.717, 1.165) is 18.9 Å². The Bertz CT molecular complexity index is 968. The summed E-state index contributed by atoms with van der Waals surface area (Å²) < 4.78 is 31.3. The van der Waals surface area contributed by atoms with Crippen LogP contribution in [0.4, 0.5) is 14.5 Å². The number of nitrogens with two attached hydrogens (primary N) is 1. The van der Waals surface area contributed by atoms with Gasteiger partial charge >= 0.3 is 5.97 Å². The zero-order valence-electron chi connectivity index (χ0n) is 13.5. The zero-order chi connectivity index (χ0) is 18.0. The van der Waals surface area contributed by atoms with Gasteiger partial charge in [-0.2, -0.15) is 0 Å². The number of hydrogen-bond donors (Lipinski definition) is 2. The smallest absolute Gasteiger partial charge is 0.341 e. The third-order valence-corrected chi connectivity index (χ3v) is 5.16. The maximum Gasteiger partial charge on any atom is 0.341 e. The van der Waals surface area contributed by atoms with Gasteiger partial charge in [0.05, 0.1) is 10.9 Å². The number of carbonyl (C=O) groups is 1. The first-order valence-corrected chi connectivity index (χ1v) is 8.13. The monoisotopic (exact) mass is 349 g/mol. The van der Waals surface area contributed by atoms with Crippen LogP contribution in [-0.4, -0.2) is 34.3 Å². The molecule has 2 fully saturated rings. The van der Waals surface area contributed by atoms with Crippen LogP contribution in [-0.2, 0) is 0 Å². The topological polar surface area (TPSA) is 88.6 Å². The lowest BCUT2D eigenvalue weighted by atomic mass is 9.97. The summed E-state index contributed by atoms with van der Waals surface area (Å²) in [6, 6.07) is 0.471. The fraction of sp³-hybridized carbons (Fsp3) is 0.412. The Morgan fingerprint density at radius 1 is 1.36 bits per heavy atom. The number of benzene rings is 1. The predicted molar refractivity (Wildman–Crippen MR) is 88.1 cm³/mol. The first-order chi connectivity index (χ1) is 11.8. The molecule has 1 aliphatic carbocycles. The van der Waals surface area contributed by atoms with Crippen LogP contribution < -0.4 is 16.1 Å². The van der Waals surface area contributed by atoms with Crippen LogP contribution >= 0.6 is 0 Å². The van der Waals surface area contributed by atoms with E-state index >= 15 is 4.39 Å². The number of anilines is 1. The molecule has 1 aromatic carbocycles. The van der Waals surface area contributed by atoms with Gasteiger partial charge in [0.25, 0.3) is 0 Å². The lowest BCUT2D eigenvalue weighted by Gasteiger charge is -2.46. The molecule has 1 aromatic heterocycles. The first kappa shape index (κ1) is 16.0. The zero-order valence-corrected chi connectivity index (χ0v) is 13.5. The van der Waals surface area contributed by atoms with Crippen LogP contribution in [0, 0.1) is 11.6 Å². The molecule has 6 nitrogen and oxygen atoms in total. The summed E-state index contributed by atoms with van der Waals surface area (Å²) in [6.07, 6.45) is 2.68. The molecule has 0 spiro atoms. The van der Waals surface area contributed by atoms with Gasteiger partial charge in [-0.25, -0.2) is 13.6 Å². The van der Waals surface area contributed by atoms with Crippen LogP contribution in [0.2, 0.25) is 0 Å². The van der Waals surface area contributed by atoms with Gasteiger partial charge in [0.1, 0.15) is 17.1 Å². The molecule has 2 heterocycles. The molecule has 2 aromatic rings. The van der Waals surface area contributed by atoms with E-state index in [2.05, 4.69) is 0 Å². The number of aromatic carboxylic acids is 1. The second-order valence-corrected chi connectivity index (χ2v) is 6.79. The summed E-state index contributed by atoms with van der Waals surface area (Å²) in [5.74, 6) is -3.13. The predicted octanol–water partition coefficient (Wildman–Crippen LogP) is 1.85. The van der Waals surface area contributed by atoms with E-state index in [1.165, 1.54) is 15.7 Å². The second-order valence-electron chi connectivity index (χ2n) is 6.79. The van der Waals surface area contributed by atoms with Gasteiger partial charge in [-0.1, -0.05) is 0 Å². The standard InChI is InChI=1S/C17H17F2N3O3/c1-7-12(20)6-21(7)15-11(18)4-9-14(13(15)19)22(8-2-3-8)5-10(16(9)23)17(24)25/h4-5,7-8,12H,2-3,6,20H2,1H3,(H,24,25)/t7-,12+/m1/s1. The molecule has 132 valence electrons. The van der Waals surface area contributed by atoms with Gasteiger partial charge in [-0.3, -0.25) is 4.79 Å². The Morgan fingerprint density at radius 3 is 2.56 bits per heavy atom. The number of nitrogens with zero attached hydrogens (tertiary/aromatic N) is 2. The van der Waals surface area contributed by atoms with Crippen molar-refractivity contribution in [2.75, 3.05) is 11.4 Å². The lowest BCUT2D eigenvalue weighted by Crippen LogP contribution is -2.63. The average molecular weight is 349 g/mol. The van der Waals surface area contributed by atoms with E-state index in [1.807, 2.05) is 0 Å². The highest BCUT2D eigenvalue weighted by Gasteiger charge is 2.38. The van der Waals surface area contributed by atoms with E-state index in [4.69, 9.17) is 5.73 Å². The highest BCUT2D eigenvalue weighted by Crippen LogP contribution is 2.40. The van der Waals surface area contributed by atoms with E-state index in [0.29, 0.717) is 6.54 Å². The number of hydrogen-bond acceptors (Lipinski definition) is 4. The van der Waals surface area contributed by atoms with Gasteiger partial charge < -0.3 is 20.3 Å². The molecular formula is C17H17F2N3O3. The van der Waals surface area contributed by atoms with Crippen molar-refractivity contribution in [2.24, 2.45) is 5.73 Å². The number of aromatic nitrogens is 1.